The Labute approximate surface area is 129 Å². The number of nitrogens with one attached hydrogen (secondary N) is 1. The average molecular weight is 304 g/mol. The van der Waals surface area contributed by atoms with Gasteiger partial charge in [0.15, 0.2) is 0 Å². The van der Waals surface area contributed by atoms with Gasteiger partial charge in [-0.15, -0.1) is 0 Å². The number of aromatic amines is 1. The van der Waals surface area contributed by atoms with Crippen molar-refractivity contribution >= 4 is 17.5 Å². The standard InChI is InChI=1S/C16H18ClN3O/c1-10(12-4-3-5-13(17)8-12)20(2)16(21)15-9-14(18-19-15)11-6-7-11/h3-5,8-11H,6-7H2,1-2H3,(H,18,19). The summed E-state index contributed by atoms with van der Waals surface area (Å²) in [6, 6.07) is 9.40. The molecule has 1 atom stereocenters. The maximum absolute atomic E-state index is 12.5. The first-order chi connectivity index (χ1) is 10.1. The van der Waals surface area contributed by atoms with Crippen LogP contribution in [0.5, 0.6) is 0 Å². The van der Waals surface area contributed by atoms with Gasteiger partial charge in [0.25, 0.3) is 5.91 Å². The summed E-state index contributed by atoms with van der Waals surface area (Å²) in [5.74, 6) is 0.486. The van der Waals surface area contributed by atoms with Crippen LogP contribution in [0.15, 0.2) is 30.3 Å². The lowest BCUT2D eigenvalue weighted by molar-refractivity contribution is 0.0736. The van der Waals surface area contributed by atoms with Gasteiger partial charge in [-0.1, -0.05) is 23.7 Å². The minimum absolute atomic E-state index is 0.0581. The molecule has 1 fully saturated rings. The van der Waals surface area contributed by atoms with Crippen LogP contribution in [0.1, 0.15) is 53.5 Å². The van der Waals surface area contributed by atoms with E-state index in [0.717, 1.165) is 11.3 Å². The monoisotopic (exact) mass is 303 g/mol. The molecule has 1 unspecified atom stereocenters. The van der Waals surface area contributed by atoms with E-state index >= 15 is 0 Å². The van der Waals surface area contributed by atoms with Gasteiger partial charge in [0.05, 0.1) is 6.04 Å². The number of H-pyrrole nitrogens is 1. The number of hydrogen-bond donors (Lipinski definition) is 1. The first-order valence-electron chi connectivity index (χ1n) is 7.14. The molecule has 0 aliphatic heterocycles. The second-order valence-electron chi connectivity index (χ2n) is 5.63. The minimum Gasteiger partial charge on any atom is -0.334 e. The molecule has 1 aliphatic rings. The molecule has 1 amide bonds. The van der Waals surface area contributed by atoms with Crippen LogP contribution in [-0.2, 0) is 0 Å². The molecule has 21 heavy (non-hydrogen) atoms. The maximum Gasteiger partial charge on any atom is 0.274 e. The molecule has 1 N–H and O–H groups in total. The van der Waals surface area contributed by atoms with Gasteiger partial charge < -0.3 is 4.90 Å². The van der Waals surface area contributed by atoms with Crippen molar-refractivity contribution in [1.82, 2.24) is 15.1 Å². The van der Waals surface area contributed by atoms with Gasteiger partial charge in [-0.3, -0.25) is 9.89 Å². The van der Waals surface area contributed by atoms with Crippen molar-refractivity contribution in [2.75, 3.05) is 7.05 Å². The summed E-state index contributed by atoms with van der Waals surface area (Å²) in [6.45, 7) is 1.98. The molecule has 0 spiro atoms. The number of carbonyl (C=O) groups is 1. The fourth-order valence-electron chi connectivity index (χ4n) is 2.40. The minimum atomic E-state index is -0.0781. The van der Waals surface area contributed by atoms with E-state index in [1.165, 1.54) is 12.8 Å². The molecule has 1 aromatic carbocycles. The molecule has 1 heterocycles. The highest BCUT2D eigenvalue weighted by Gasteiger charge is 2.28. The summed E-state index contributed by atoms with van der Waals surface area (Å²) < 4.78 is 0. The molecule has 110 valence electrons. The maximum atomic E-state index is 12.5. The van der Waals surface area contributed by atoms with E-state index < -0.39 is 0 Å². The number of aromatic nitrogens is 2. The SMILES string of the molecule is CC(c1cccc(Cl)c1)N(C)C(=O)c1cc(C2CC2)[nH]n1. The van der Waals surface area contributed by atoms with E-state index in [-0.39, 0.29) is 11.9 Å². The molecule has 0 saturated heterocycles. The topological polar surface area (TPSA) is 49.0 Å². The predicted octanol–water partition coefficient (Wildman–Crippen LogP) is 3.77. The van der Waals surface area contributed by atoms with Gasteiger partial charge in [-0.2, -0.15) is 5.10 Å². The molecular formula is C16H18ClN3O. The Bertz CT molecular complexity index is 663. The van der Waals surface area contributed by atoms with Gasteiger partial charge in [-0.05, 0) is 43.5 Å². The lowest BCUT2D eigenvalue weighted by Crippen LogP contribution is -2.29. The third kappa shape index (κ3) is 2.95. The van der Waals surface area contributed by atoms with Gasteiger partial charge in [0.2, 0.25) is 0 Å². The highest BCUT2D eigenvalue weighted by molar-refractivity contribution is 6.30. The van der Waals surface area contributed by atoms with Crippen molar-refractivity contribution in [1.29, 1.82) is 0 Å². The number of rotatable bonds is 4. The Hall–Kier alpha value is -1.81. The zero-order valence-corrected chi connectivity index (χ0v) is 12.9. The Kier molecular flexibility index (Phi) is 3.72. The molecule has 3 rings (SSSR count). The van der Waals surface area contributed by atoms with Crippen molar-refractivity contribution < 1.29 is 4.79 Å². The first kappa shape index (κ1) is 14.1. The average Bonchev–Trinajstić information content (AvgIpc) is 3.22. The highest BCUT2D eigenvalue weighted by Crippen LogP contribution is 2.39. The Morgan fingerprint density at radius 2 is 2.19 bits per heavy atom. The fraction of sp³-hybridized carbons (Fsp3) is 0.375. The smallest absolute Gasteiger partial charge is 0.274 e. The van der Waals surface area contributed by atoms with Gasteiger partial charge in [0.1, 0.15) is 5.69 Å². The third-order valence-corrected chi connectivity index (χ3v) is 4.30. The number of benzene rings is 1. The zero-order chi connectivity index (χ0) is 15.0. The van der Waals surface area contributed by atoms with Crippen molar-refractivity contribution in [3.63, 3.8) is 0 Å². The summed E-state index contributed by atoms with van der Waals surface area (Å²) in [5.41, 5.74) is 2.56. The molecule has 2 aromatic rings. The molecule has 1 saturated carbocycles. The van der Waals surface area contributed by atoms with E-state index in [4.69, 9.17) is 11.6 Å². The molecule has 4 nitrogen and oxygen atoms in total. The van der Waals surface area contributed by atoms with Crippen LogP contribution in [0.2, 0.25) is 5.02 Å². The van der Waals surface area contributed by atoms with Crippen molar-refractivity contribution in [2.24, 2.45) is 0 Å². The number of halogens is 1. The van der Waals surface area contributed by atoms with Gasteiger partial charge >= 0.3 is 0 Å². The van der Waals surface area contributed by atoms with Crippen LogP contribution in [0.25, 0.3) is 0 Å². The van der Waals surface area contributed by atoms with E-state index in [0.29, 0.717) is 16.6 Å². The van der Waals surface area contributed by atoms with Crippen molar-refractivity contribution in [3.8, 4) is 0 Å². The van der Waals surface area contributed by atoms with E-state index in [2.05, 4.69) is 10.2 Å². The summed E-state index contributed by atoms with van der Waals surface area (Å²) in [4.78, 5) is 14.2. The quantitative estimate of drug-likeness (QED) is 0.934. The molecule has 1 aromatic heterocycles. The second-order valence-corrected chi connectivity index (χ2v) is 6.07. The van der Waals surface area contributed by atoms with Gasteiger partial charge in [0, 0.05) is 23.7 Å². The highest BCUT2D eigenvalue weighted by atomic mass is 35.5. The third-order valence-electron chi connectivity index (χ3n) is 4.07. The molecule has 0 bridgehead atoms. The Morgan fingerprint density at radius 3 is 2.86 bits per heavy atom. The lowest BCUT2D eigenvalue weighted by Gasteiger charge is -2.24. The summed E-state index contributed by atoms with van der Waals surface area (Å²) >= 11 is 6.01. The van der Waals surface area contributed by atoms with Crippen LogP contribution >= 0.6 is 11.6 Å². The van der Waals surface area contributed by atoms with Crippen LogP contribution in [0.4, 0.5) is 0 Å². The van der Waals surface area contributed by atoms with Crippen LogP contribution in [-0.4, -0.2) is 28.1 Å². The summed E-state index contributed by atoms with van der Waals surface area (Å²) in [5, 5.41) is 7.80. The molecule has 1 aliphatic carbocycles. The number of hydrogen-bond acceptors (Lipinski definition) is 2. The zero-order valence-electron chi connectivity index (χ0n) is 12.1. The lowest BCUT2D eigenvalue weighted by atomic mass is 10.1. The van der Waals surface area contributed by atoms with Crippen molar-refractivity contribution in [2.45, 2.75) is 31.7 Å². The van der Waals surface area contributed by atoms with Gasteiger partial charge in [-0.25, -0.2) is 0 Å². The Morgan fingerprint density at radius 1 is 1.43 bits per heavy atom. The normalized spacial score (nSPS) is 15.8. The van der Waals surface area contributed by atoms with Crippen LogP contribution < -0.4 is 0 Å². The molecule has 0 radical (unpaired) electrons. The summed E-state index contributed by atoms with van der Waals surface area (Å²) in [6.07, 6.45) is 2.37. The number of amides is 1. The largest absolute Gasteiger partial charge is 0.334 e. The van der Waals surface area contributed by atoms with E-state index in [1.807, 2.05) is 37.3 Å². The van der Waals surface area contributed by atoms with Crippen LogP contribution in [0.3, 0.4) is 0 Å². The predicted molar refractivity (Wildman–Crippen MR) is 82.5 cm³/mol. The number of carbonyl (C=O) groups excluding carboxylic acids is 1. The van der Waals surface area contributed by atoms with Crippen LogP contribution in [0, 0.1) is 0 Å². The van der Waals surface area contributed by atoms with E-state index in [1.54, 1.807) is 11.9 Å². The van der Waals surface area contributed by atoms with E-state index in [9.17, 15) is 4.79 Å². The second kappa shape index (κ2) is 5.53. The first-order valence-corrected chi connectivity index (χ1v) is 7.52. The van der Waals surface area contributed by atoms with Crippen molar-refractivity contribution in [3.05, 3.63) is 52.3 Å². The fourth-order valence-corrected chi connectivity index (χ4v) is 2.60. The molecular weight excluding hydrogens is 286 g/mol. The number of nitrogens with zero attached hydrogens (tertiary/aromatic N) is 2. The Balaban J connectivity index is 1.76. The molecule has 5 heteroatoms. The summed E-state index contributed by atoms with van der Waals surface area (Å²) in [7, 11) is 1.79.